The third kappa shape index (κ3) is 2.98. The molecule has 0 aliphatic rings. The van der Waals surface area contributed by atoms with Crippen LogP contribution in [0.5, 0.6) is 0 Å². The summed E-state index contributed by atoms with van der Waals surface area (Å²) in [6.45, 7) is 2.00. The van der Waals surface area contributed by atoms with E-state index in [1.807, 2.05) is 6.92 Å². The van der Waals surface area contributed by atoms with Gasteiger partial charge in [0.15, 0.2) is 5.69 Å². The highest BCUT2D eigenvalue weighted by atomic mass is 79.9. The molecule has 0 unspecified atom stereocenters. The number of benzene rings is 1. The highest BCUT2D eigenvalue weighted by Gasteiger charge is 2.18. The molecule has 0 fully saturated rings. The number of aromatic nitrogens is 2. The first-order chi connectivity index (χ1) is 9.52. The van der Waals surface area contributed by atoms with Crippen molar-refractivity contribution in [3.63, 3.8) is 0 Å². The molecule has 1 aromatic carbocycles. The number of carbonyl (C=O) groups excluding carboxylic acids is 1. The van der Waals surface area contributed by atoms with Gasteiger partial charge in [0, 0.05) is 4.47 Å². The Kier molecular flexibility index (Phi) is 4.39. The Bertz CT molecular complexity index is 641. The zero-order chi connectivity index (χ0) is 14.7. The Labute approximate surface area is 123 Å². The summed E-state index contributed by atoms with van der Waals surface area (Å²) in [4.78, 5) is 12.0. The van der Waals surface area contributed by atoms with Crippen LogP contribution in [-0.2, 0) is 6.42 Å². The fraction of sp³-hybridized carbons (Fsp3) is 0.231. The zero-order valence-corrected chi connectivity index (χ0v) is 12.4. The topological polar surface area (TPSA) is 83.8 Å². The number of carbonyl (C=O) groups is 1. The molecule has 5 nitrogen and oxygen atoms in total. The maximum absolute atomic E-state index is 13.6. The number of nitrogens with zero attached hydrogens (tertiary/aromatic N) is 1. The fourth-order valence-electron chi connectivity index (χ4n) is 1.77. The molecule has 0 spiro atoms. The molecule has 0 aliphatic heterocycles. The summed E-state index contributed by atoms with van der Waals surface area (Å²) >= 11 is 3.15. The predicted octanol–water partition coefficient (Wildman–Crippen LogP) is 3.10. The zero-order valence-electron chi connectivity index (χ0n) is 10.8. The van der Waals surface area contributed by atoms with Crippen LogP contribution in [0.2, 0.25) is 0 Å². The van der Waals surface area contributed by atoms with Crippen LogP contribution in [0, 0.1) is 5.82 Å². The van der Waals surface area contributed by atoms with Crippen LogP contribution >= 0.6 is 15.9 Å². The van der Waals surface area contributed by atoms with E-state index in [1.165, 1.54) is 12.1 Å². The van der Waals surface area contributed by atoms with Crippen LogP contribution in [0.25, 0.3) is 0 Å². The molecule has 1 heterocycles. The average molecular weight is 341 g/mol. The maximum Gasteiger partial charge on any atom is 0.278 e. The highest BCUT2D eigenvalue weighted by Crippen LogP contribution is 2.21. The van der Waals surface area contributed by atoms with Gasteiger partial charge in [0.2, 0.25) is 0 Å². The monoisotopic (exact) mass is 340 g/mol. The fourth-order valence-corrected chi connectivity index (χ4v) is 2.11. The molecule has 0 bridgehead atoms. The van der Waals surface area contributed by atoms with Crippen molar-refractivity contribution < 1.29 is 9.18 Å². The molecular formula is C13H14BrFN4O. The van der Waals surface area contributed by atoms with Crippen LogP contribution in [-0.4, -0.2) is 16.1 Å². The lowest BCUT2D eigenvalue weighted by atomic mass is 10.2. The van der Waals surface area contributed by atoms with Crippen LogP contribution in [0.1, 0.15) is 29.5 Å². The lowest BCUT2D eigenvalue weighted by Gasteiger charge is -2.05. The summed E-state index contributed by atoms with van der Waals surface area (Å²) in [5.41, 5.74) is 7.03. The minimum Gasteiger partial charge on any atom is -0.395 e. The number of aromatic amines is 1. The molecule has 7 heteroatoms. The van der Waals surface area contributed by atoms with E-state index in [-0.39, 0.29) is 11.4 Å². The number of nitrogens with two attached hydrogens (primary N) is 1. The van der Waals surface area contributed by atoms with E-state index in [0.29, 0.717) is 22.3 Å². The molecule has 0 radical (unpaired) electrons. The highest BCUT2D eigenvalue weighted by molar-refractivity contribution is 9.10. The van der Waals surface area contributed by atoms with Gasteiger partial charge in [0.25, 0.3) is 5.91 Å². The third-order valence-corrected chi connectivity index (χ3v) is 3.27. The number of halogens is 2. The van der Waals surface area contributed by atoms with E-state index >= 15 is 0 Å². The normalized spacial score (nSPS) is 10.6. The van der Waals surface area contributed by atoms with Gasteiger partial charge in [-0.15, -0.1) is 0 Å². The van der Waals surface area contributed by atoms with Gasteiger partial charge < -0.3 is 11.1 Å². The summed E-state index contributed by atoms with van der Waals surface area (Å²) in [6.07, 6.45) is 1.59. The van der Waals surface area contributed by atoms with Crippen LogP contribution < -0.4 is 11.1 Å². The Morgan fingerprint density at radius 3 is 2.95 bits per heavy atom. The molecule has 106 valence electrons. The third-order valence-electron chi connectivity index (χ3n) is 2.78. The Balaban J connectivity index is 2.20. The van der Waals surface area contributed by atoms with Crippen molar-refractivity contribution in [1.29, 1.82) is 0 Å². The Morgan fingerprint density at radius 2 is 2.30 bits per heavy atom. The van der Waals surface area contributed by atoms with E-state index in [4.69, 9.17) is 5.73 Å². The molecule has 4 N–H and O–H groups in total. The lowest BCUT2D eigenvalue weighted by Crippen LogP contribution is -2.15. The average Bonchev–Trinajstić information content (AvgIpc) is 2.75. The summed E-state index contributed by atoms with van der Waals surface area (Å²) in [7, 11) is 0. The number of H-pyrrole nitrogens is 1. The molecule has 0 aliphatic carbocycles. The summed E-state index contributed by atoms with van der Waals surface area (Å²) < 4.78 is 14.2. The first-order valence-corrected chi connectivity index (χ1v) is 6.91. The van der Waals surface area contributed by atoms with Crippen LogP contribution in [0.3, 0.4) is 0 Å². The van der Waals surface area contributed by atoms with Crippen molar-refractivity contribution in [1.82, 2.24) is 10.2 Å². The van der Waals surface area contributed by atoms with Crippen molar-refractivity contribution in [2.75, 3.05) is 11.1 Å². The van der Waals surface area contributed by atoms with Crippen LogP contribution in [0.15, 0.2) is 22.7 Å². The minimum absolute atomic E-state index is 0.0794. The molecule has 1 amide bonds. The number of aryl methyl sites for hydroxylation is 1. The van der Waals surface area contributed by atoms with Gasteiger partial charge in [-0.1, -0.05) is 29.3 Å². The summed E-state index contributed by atoms with van der Waals surface area (Å²) in [5.74, 6) is -1.07. The van der Waals surface area contributed by atoms with Gasteiger partial charge in [0.05, 0.1) is 17.1 Å². The largest absolute Gasteiger partial charge is 0.395 e. The van der Waals surface area contributed by atoms with Crippen molar-refractivity contribution in [2.45, 2.75) is 19.8 Å². The molecule has 0 saturated heterocycles. The van der Waals surface area contributed by atoms with Gasteiger partial charge in [-0.2, -0.15) is 5.10 Å². The number of amides is 1. The Hall–Kier alpha value is -1.89. The number of hydrogen-bond donors (Lipinski definition) is 3. The standard InChI is InChI=1S/C13H14BrFN4O/c1-2-3-10-11(16)12(19-18-10)13(20)17-9-5-4-7(14)6-8(9)15/h4-6H,2-3,16H2,1H3,(H,17,20)(H,18,19). The predicted molar refractivity (Wildman–Crippen MR) is 79.0 cm³/mol. The second kappa shape index (κ2) is 6.04. The van der Waals surface area contributed by atoms with E-state index < -0.39 is 11.7 Å². The quantitative estimate of drug-likeness (QED) is 0.799. The van der Waals surface area contributed by atoms with Gasteiger partial charge in [-0.3, -0.25) is 9.89 Å². The smallest absolute Gasteiger partial charge is 0.278 e. The first kappa shape index (κ1) is 14.5. The van der Waals surface area contributed by atoms with Gasteiger partial charge >= 0.3 is 0 Å². The number of rotatable bonds is 4. The lowest BCUT2D eigenvalue weighted by molar-refractivity contribution is 0.102. The van der Waals surface area contributed by atoms with E-state index in [2.05, 4.69) is 31.4 Å². The van der Waals surface area contributed by atoms with Gasteiger partial charge in [-0.25, -0.2) is 4.39 Å². The molecule has 2 aromatic rings. The van der Waals surface area contributed by atoms with Gasteiger partial charge in [0.1, 0.15) is 5.82 Å². The van der Waals surface area contributed by atoms with Crippen molar-refractivity contribution in [3.8, 4) is 0 Å². The van der Waals surface area contributed by atoms with Crippen molar-refractivity contribution in [3.05, 3.63) is 39.9 Å². The Morgan fingerprint density at radius 1 is 1.55 bits per heavy atom. The number of nitrogens with one attached hydrogen (secondary N) is 2. The molecule has 0 saturated carbocycles. The molecule has 1 aromatic heterocycles. The second-order valence-electron chi connectivity index (χ2n) is 4.29. The second-order valence-corrected chi connectivity index (χ2v) is 5.21. The summed E-state index contributed by atoms with van der Waals surface area (Å²) in [6, 6.07) is 4.37. The van der Waals surface area contributed by atoms with E-state index in [9.17, 15) is 9.18 Å². The summed E-state index contributed by atoms with van der Waals surface area (Å²) in [5, 5.41) is 9.06. The SMILES string of the molecule is CCCc1[nH]nc(C(=O)Nc2ccc(Br)cc2F)c1N. The number of nitrogen functional groups attached to an aromatic ring is 1. The minimum atomic E-state index is -0.540. The van der Waals surface area contributed by atoms with Crippen molar-refractivity contribution in [2.24, 2.45) is 0 Å². The van der Waals surface area contributed by atoms with Gasteiger partial charge in [-0.05, 0) is 24.6 Å². The molecular weight excluding hydrogens is 327 g/mol. The van der Waals surface area contributed by atoms with Crippen molar-refractivity contribution >= 4 is 33.2 Å². The van der Waals surface area contributed by atoms with E-state index in [1.54, 1.807) is 6.07 Å². The maximum atomic E-state index is 13.6. The number of anilines is 2. The number of hydrogen-bond acceptors (Lipinski definition) is 3. The molecule has 0 atom stereocenters. The van der Waals surface area contributed by atoms with Crippen LogP contribution in [0.4, 0.5) is 15.8 Å². The molecule has 2 rings (SSSR count). The molecule has 20 heavy (non-hydrogen) atoms. The van der Waals surface area contributed by atoms with E-state index in [0.717, 1.165) is 6.42 Å². The first-order valence-electron chi connectivity index (χ1n) is 6.12.